The fraction of sp³-hybridized carbons (Fsp3) is 0.333. The highest BCUT2D eigenvalue weighted by Crippen LogP contribution is 2.14. The molecular weight excluding hydrogens is 288 g/mol. The van der Waals surface area contributed by atoms with Crippen LogP contribution in [0.1, 0.15) is 22.5 Å². The van der Waals surface area contributed by atoms with Gasteiger partial charge in [-0.15, -0.1) is 0 Å². The molecule has 0 unspecified atom stereocenters. The molecule has 5 heteroatoms. The average molecular weight is 312 g/mol. The number of anilines is 2. The van der Waals surface area contributed by atoms with Crippen molar-refractivity contribution >= 4 is 17.3 Å². The topological polar surface area (TPSA) is 57.3 Å². The van der Waals surface area contributed by atoms with Crippen LogP contribution in [0.3, 0.4) is 0 Å². The van der Waals surface area contributed by atoms with Gasteiger partial charge in [-0.2, -0.15) is 0 Å². The van der Waals surface area contributed by atoms with Crippen molar-refractivity contribution in [3.8, 4) is 0 Å². The van der Waals surface area contributed by atoms with E-state index in [0.717, 1.165) is 36.4 Å². The molecule has 1 aromatic carbocycles. The quantitative estimate of drug-likeness (QED) is 0.772. The lowest BCUT2D eigenvalue weighted by molar-refractivity contribution is 0.102. The summed E-state index contributed by atoms with van der Waals surface area (Å²) >= 11 is 0. The molecule has 23 heavy (non-hydrogen) atoms. The predicted molar refractivity (Wildman–Crippen MR) is 95.0 cm³/mol. The first-order valence-corrected chi connectivity index (χ1v) is 7.78. The Labute approximate surface area is 137 Å². The summed E-state index contributed by atoms with van der Waals surface area (Å²) in [5, 5.41) is 6.19. The maximum absolute atomic E-state index is 12.2. The molecule has 0 saturated heterocycles. The van der Waals surface area contributed by atoms with Gasteiger partial charge in [0.1, 0.15) is 5.69 Å². The highest BCUT2D eigenvalue weighted by molar-refractivity contribution is 6.03. The first kappa shape index (κ1) is 17.0. The van der Waals surface area contributed by atoms with Crippen molar-refractivity contribution in [2.45, 2.75) is 13.3 Å². The molecule has 0 saturated carbocycles. The second-order valence-corrected chi connectivity index (χ2v) is 5.78. The molecule has 0 spiro atoms. The lowest BCUT2D eigenvalue weighted by Gasteiger charge is -2.11. The standard InChI is InChI=1S/C18H24N4O/c1-14-7-4-5-8-16(14)21-18(23)17-10-9-15(13-20-17)19-11-6-12-22(2)3/h4-5,7-10,13,19H,6,11-12H2,1-3H3,(H,21,23). The molecule has 2 aromatic rings. The molecule has 5 nitrogen and oxygen atoms in total. The van der Waals surface area contributed by atoms with Crippen LogP contribution in [-0.4, -0.2) is 43.0 Å². The molecular formula is C18H24N4O. The van der Waals surface area contributed by atoms with Crippen molar-refractivity contribution in [3.05, 3.63) is 53.9 Å². The number of aromatic nitrogens is 1. The van der Waals surface area contributed by atoms with Crippen LogP contribution in [0.2, 0.25) is 0 Å². The number of aryl methyl sites for hydroxylation is 1. The van der Waals surface area contributed by atoms with Gasteiger partial charge in [0, 0.05) is 12.2 Å². The molecule has 122 valence electrons. The minimum atomic E-state index is -0.196. The number of benzene rings is 1. The van der Waals surface area contributed by atoms with Crippen molar-refractivity contribution < 1.29 is 4.79 Å². The van der Waals surface area contributed by atoms with Crippen LogP contribution >= 0.6 is 0 Å². The fourth-order valence-corrected chi connectivity index (χ4v) is 2.16. The molecule has 2 N–H and O–H groups in total. The van der Waals surface area contributed by atoms with Crippen molar-refractivity contribution in [2.24, 2.45) is 0 Å². The number of nitrogens with one attached hydrogen (secondary N) is 2. The van der Waals surface area contributed by atoms with E-state index in [0.29, 0.717) is 5.69 Å². The van der Waals surface area contributed by atoms with Gasteiger partial charge >= 0.3 is 0 Å². The smallest absolute Gasteiger partial charge is 0.274 e. The number of amides is 1. The lowest BCUT2D eigenvalue weighted by Crippen LogP contribution is -2.17. The van der Waals surface area contributed by atoms with Crippen LogP contribution < -0.4 is 10.6 Å². The van der Waals surface area contributed by atoms with Crippen LogP contribution in [0.5, 0.6) is 0 Å². The minimum Gasteiger partial charge on any atom is -0.384 e. The molecule has 0 fully saturated rings. The van der Waals surface area contributed by atoms with E-state index in [9.17, 15) is 4.79 Å². The Bertz CT molecular complexity index is 638. The number of para-hydroxylation sites is 1. The van der Waals surface area contributed by atoms with Crippen molar-refractivity contribution in [1.29, 1.82) is 0 Å². The number of hydrogen-bond acceptors (Lipinski definition) is 4. The number of nitrogens with zero attached hydrogens (tertiary/aromatic N) is 2. The largest absolute Gasteiger partial charge is 0.384 e. The SMILES string of the molecule is Cc1ccccc1NC(=O)c1ccc(NCCCN(C)C)cn1. The van der Waals surface area contributed by atoms with Gasteiger partial charge in [0.05, 0.1) is 11.9 Å². The van der Waals surface area contributed by atoms with Gasteiger partial charge in [0.25, 0.3) is 5.91 Å². The molecule has 0 radical (unpaired) electrons. The van der Waals surface area contributed by atoms with Gasteiger partial charge in [0.2, 0.25) is 0 Å². The van der Waals surface area contributed by atoms with Gasteiger partial charge < -0.3 is 15.5 Å². The third kappa shape index (κ3) is 5.38. The van der Waals surface area contributed by atoms with Crippen molar-refractivity contribution in [3.63, 3.8) is 0 Å². The summed E-state index contributed by atoms with van der Waals surface area (Å²) in [6.07, 6.45) is 2.75. The zero-order valence-electron chi connectivity index (χ0n) is 14.0. The minimum absolute atomic E-state index is 0.196. The third-order valence-corrected chi connectivity index (χ3v) is 3.50. The Balaban J connectivity index is 1.89. The first-order valence-electron chi connectivity index (χ1n) is 7.78. The van der Waals surface area contributed by atoms with Crippen molar-refractivity contribution in [2.75, 3.05) is 37.8 Å². The van der Waals surface area contributed by atoms with E-state index in [-0.39, 0.29) is 5.91 Å². The maximum Gasteiger partial charge on any atom is 0.274 e. The normalized spacial score (nSPS) is 10.6. The molecule has 0 aliphatic heterocycles. The molecule has 0 atom stereocenters. The van der Waals surface area contributed by atoms with Crippen LogP contribution in [0.25, 0.3) is 0 Å². The monoisotopic (exact) mass is 312 g/mol. The Morgan fingerprint density at radius 3 is 2.61 bits per heavy atom. The van der Waals surface area contributed by atoms with Crippen molar-refractivity contribution in [1.82, 2.24) is 9.88 Å². The lowest BCUT2D eigenvalue weighted by atomic mass is 10.2. The van der Waals surface area contributed by atoms with E-state index < -0.39 is 0 Å². The molecule has 1 amide bonds. The number of carbonyl (C=O) groups is 1. The highest BCUT2D eigenvalue weighted by atomic mass is 16.1. The van der Waals surface area contributed by atoms with E-state index in [1.54, 1.807) is 12.3 Å². The number of rotatable bonds is 7. The average Bonchev–Trinajstić information content (AvgIpc) is 2.54. The van der Waals surface area contributed by atoms with E-state index in [1.165, 1.54) is 0 Å². The zero-order chi connectivity index (χ0) is 16.7. The number of pyridine rings is 1. The number of carbonyl (C=O) groups excluding carboxylic acids is 1. The second-order valence-electron chi connectivity index (χ2n) is 5.78. The molecule has 0 aliphatic carbocycles. The Kier molecular flexibility index (Phi) is 6.11. The van der Waals surface area contributed by atoms with Gasteiger partial charge in [-0.25, -0.2) is 4.98 Å². The summed E-state index contributed by atoms with van der Waals surface area (Å²) < 4.78 is 0. The predicted octanol–water partition coefficient (Wildman–Crippen LogP) is 3.01. The highest BCUT2D eigenvalue weighted by Gasteiger charge is 2.08. The Morgan fingerprint density at radius 2 is 1.96 bits per heavy atom. The van der Waals surface area contributed by atoms with Gasteiger partial charge in [-0.1, -0.05) is 18.2 Å². The Morgan fingerprint density at radius 1 is 1.17 bits per heavy atom. The van der Waals surface area contributed by atoms with Gasteiger partial charge in [0.15, 0.2) is 0 Å². The molecule has 0 aliphatic rings. The van der Waals surface area contributed by atoms with E-state index in [1.807, 2.05) is 37.3 Å². The fourth-order valence-electron chi connectivity index (χ4n) is 2.16. The van der Waals surface area contributed by atoms with Gasteiger partial charge in [-0.3, -0.25) is 4.79 Å². The second kappa shape index (κ2) is 8.29. The summed E-state index contributed by atoms with van der Waals surface area (Å²) in [7, 11) is 4.12. The van der Waals surface area contributed by atoms with Crippen LogP contribution in [0.15, 0.2) is 42.6 Å². The summed E-state index contributed by atoms with van der Waals surface area (Å²) in [4.78, 5) is 18.6. The van der Waals surface area contributed by atoms with E-state index >= 15 is 0 Å². The van der Waals surface area contributed by atoms with Crippen LogP contribution in [-0.2, 0) is 0 Å². The van der Waals surface area contributed by atoms with Gasteiger partial charge in [-0.05, 0) is 57.7 Å². The maximum atomic E-state index is 12.2. The van der Waals surface area contributed by atoms with E-state index in [2.05, 4.69) is 34.6 Å². The summed E-state index contributed by atoms with van der Waals surface area (Å²) in [5.41, 5.74) is 3.17. The van der Waals surface area contributed by atoms with Crippen LogP contribution in [0.4, 0.5) is 11.4 Å². The van der Waals surface area contributed by atoms with E-state index in [4.69, 9.17) is 0 Å². The number of hydrogen-bond donors (Lipinski definition) is 2. The molecule has 0 bridgehead atoms. The molecule has 1 heterocycles. The molecule has 1 aromatic heterocycles. The first-order chi connectivity index (χ1) is 11.1. The summed E-state index contributed by atoms with van der Waals surface area (Å²) in [6.45, 7) is 3.88. The summed E-state index contributed by atoms with van der Waals surface area (Å²) in [6, 6.07) is 11.3. The van der Waals surface area contributed by atoms with Crippen LogP contribution in [0, 0.1) is 6.92 Å². The Hall–Kier alpha value is -2.40. The third-order valence-electron chi connectivity index (χ3n) is 3.50. The molecule has 2 rings (SSSR count). The zero-order valence-corrected chi connectivity index (χ0v) is 14.0. The summed E-state index contributed by atoms with van der Waals surface area (Å²) in [5.74, 6) is -0.196.